The highest BCUT2D eigenvalue weighted by Gasteiger charge is 2.19. The molecule has 1 atom stereocenters. The molecule has 106 valence electrons. The predicted molar refractivity (Wildman–Crippen MR) is 63.3 cm³/mol. The summed E-state index contributed by atoms with van der Waals surface area (Å²) in [6.45, 7) is 1.34. The minimum atomic E-state index is -1.29. The van der Waals surface area contributed by atoms with Crippen LogP contribution in [0, 0.1) is 0 Å². The second-order valence-electron chi connectivity index (χ2n) is 4.00. The molecule has 3 N–H and O–H groups in total. The van der Waals surface area contributed by atoms with Gasteiger partial charge in [-0.1, -0.05) is 12.1 Å². The van der Waals surface area contributed by atoms with Gasteiger partial charge in [-0.05, 0) is 6.42 Å². The summed E-state index contributed by atoms with van der Waals surface area (Å²) < 4.78 is 4.94. The van der Waals surface area contributed by atoms with E-state index < -0.39 is 24.5 Å². The average Bonchev–Trinajstić information content (AvgIpc) is 2.81. The number of aryl methyl sites for hydroxylation is 2. The standard InChI is InChI=1S/C11H17N3O5/c1-2-3-8-13-10(19-14-8)5-4-9(16)12-7(6-15)11(17)18/h7,15H,2-6H2,1H3,(H,12,16)(H,17,18)/t7-/m1/s1. The Morgan fingerprint density at radius 3 is 2.74 bits per heavy atom. The molecule has 1 aromatic rings. The number of aliphatic carboxylic acids is 1. The third-order valence-corrected chi connectivity index (χ3v) is 2.37. The third kappa shape index (κ3) is 5.04. The van der Waals surface area contributed by atoms with Crippen molar-refractivity contribution in [1.29, 1.82) is 0 Å². The summed E-state index contributed by atoms with van der Waals surface area (Å²) in [5.41, 5.74) is 0. The number of carboxylic acid groups (broad SMARTS) is 1. The van der Waals surface area contributed by atoms with Crippen molar-refractivity contribution in [2.45, 2.75) is 38.6 Å². The number of aliphatic hydroxyl groups is 1. The van der Waals surface area contributed by atoms with E-state index in [1.165, 1.54) is 0 Å². The Labute approximate surface area is 109 Å². The number of amides is 1. The first kappa shape index (κ1) is 15.1. The highest BCUT2D eigenvalue weighted by atomic mass is 16.5. The highest BCUT2D eigenvalue weighted by molar-refractivity contribution is 5.83. The fourth-order valence-corrected chi connectivity index (χ4v) is 1.39. The number of nitrogens with one attached hydrogen (secondary N) is 1. The number of hydrogen-bond acceptors (Lipinski definition) is 6. The molecule has 0 bridgehead atoms. The fourth-order valence-electron chi connectivity index (χ4n) is 1.39. The molecule has 0 fully saturated rings. The molecule has 1 amide bonds. The molecule has 0 saturated heterocycles. The number of aromatic nitrogens is 2. The molecule has 0 aromatic carbocycles. The Morgan fingerprint density at radius 2 is 2.16 bits per heavy atom. The maximum absolute atomic E-state index is 11.4. The van der Waals surface area contributed by atoms with Gasteiger partial charge in [0.15, 0.2) is 5.82 Å². The molecule has 0 aliphatic carbocycles. The molecule has 1 aromatic heterocycles. The first-order valence-corrected chi connectivity index (χ1v) is 6.01. The quantitative estimate of drug-likeness (QED) is 0.582. The maximum Gasteiger partial charge on any atom is 0.328 e. The van der Waals surface area contributed by atoms with E-state index >= 15 is 0 Å². The van der Waals surface area contributed by atoms with Crippen LogP contribution in [0.25, 0.3) is 0 Å². The Bertz CT molecular complexity index is 432. The molecular weight excluding hydrogens is 254 g/mol. The molecule has 1 rings (SSSR count). The predicted octanol–water partition coefficient (Wildman–Crippen LogP) is -0.484. The number of carbonyl (C=O) groups excluding carboxylic acids is 1. The lowest BCUT2D eigenvalue weighted by Gasteiger charge is -2.10. The van der Waals surface area contributed by atoms with Crippen LogP contribution in [0.15, 0.2) is 4.52 Å². The van der Waals surface area contributed by atoms with Crippen molar-refractivity contribution in [2.24, 2.45) is 0 Å². The Kier molecular flexibility index (Phi) is 5.94. The average molecular weight is 271 g/mol. The van der Waals surface area contributed by atoms with Crippen LogP contribution in [-0.4, -0.2) is 44.9 Å². The number of carbonyl (C=O) groups is 2. The number of aliphatic hydroxyl groups excluding tert-OH is 1. The van der Waals surface area contributed by atoms with E-state index in [0.29, 0.717) is 18.1 Å². The van der Waals surface area contributed by atoms with Crippen LogP contribution in [0.5, 0.6) is 0 Å². The van der Waals surface area contributed by atoms with Crippen LogP contribution in [0.1, 0.15) is 31.5 Å². The zero-order chi connectivity index (χ0) is 14.3. The number of nitrogens with zero attached hydrogens (tertiary/aromatic N) is 2. The molecule has 0 aliphatic rings. The van der Waals surface area contributed by atoms with E-state index in [9.17, 15) is 9.59 Å². The van der Waals surface area contributed by atoms with Gasteiger partial charge in [-0.25, -0.2) is 4.79 Å². The minimum Gasteiger partial charge on any atom is -0.480 e. The zero-order valence-corrected chi connectivity index (χ0v) is 10.6. The van der Waals surface area contributed by atoms with E-state index in [0.717, 1.165) is 6.42 Å². The molecule has 0 radical (unpaired) electrons. The van der Waals surface area contributed by atoms with E-state index in [-0.39, 0.29) is 12.8 Å². The summed E-state index contributed by atoms with van der Waals surface area (Å²) in [5.74, 6) is -0.832. The van der Waals surface area contributed by atoms with Gasteiger partial charge in [0.25, 0.3) is 0 Å². The normalized spacial score (nSPS) is 12.1. The van der Waals surface area contributed by atoms with E-state index in [2.05, 4.69) is 15.5 Å². The summed E-state index contributed by atoms with van der Waals surface area (Å²) in [6.07, 6.45) is 1.87. The van der Waals surface area contributed by atoms with Gasteiger partial charge in [0, 0.05) is 19.3 Å². The molecule has 0 unspecified atom stereocenters. The van der Waals surface area contributed by atoms with Crippen LogP contribution in [0.2, 0.25) is 0 Å². The van der Waals surface area contributed by atoms with E-state index in [1.807, 2.05) is 6.92 Å². The molecule has 0 aliphatic heterocycles. The number of hydrogen-bond donors (Lipinski definition) is 3. The van der Waals surface area contributed by atoms with Crippen molar-refractivity contribution >= 4 is 11.9 Å². The van der Waals surface area contributed by atoms with Gasteiger partial charge in [-0.3, -0.25) is 4.79 Å². The SMILES string of the molecule is CCCc1noc(CCC(=O)N[C@H](CO)C(=O)O)n1. The summed E-state index contributed by atoms with van der Waals surface area (Å²) in [5, 5.41) is 23.3. The van der Waals surface area contributed by atoms with Gasteiger partial charge in [-0.2, -0.15) is 4.98 Å². The van der Waals surface area contributed by atoms with Crippen LogP contribution in [0.4, 0.5) is 0 Å². The van der Waals surface area contributed by atoms with Crippen molar-refractivity contribution in [2.75, 3.05) is 6.61 Å². The maximum atomic E-state index is 11.4. The topological polar surface area (TPSA) is 126 Å². The van der Waals surface area contributed by atoms with Crippen LogP contribution >= 0.6 is 0 Å². The fraction of sp³-hybridized carbons (Fsp3) is 0.636. The van der Waals surface area contributed by atoms with Crippen molar-refractivity contribution in [3.05, 3.63) is 11.7 Å². The van der Waals surface area contributed by atoms with E-state index in [4.69, 9.17) is 14.7 Å². The van der Waals surface area contributed by atoms with Gasteiger partial charge in [-0.15, -0.1) is 0 Å². The van der Waals surface area contributed by atoms with Crippen LogP contribution in [0.3, 0.4) is 0 Å². The van der Waals surface area contributed by atoms with E-state index in [1.54, 1.807) is 0 Å². The Morgan fingerprint density at radius 1 is 1.42 bits per heavy atom. The summed E-state index contributed by atoms with van der Waals surface area (Å²) >= 11 is 0. The Hall–Kier alpha value is -1.96. The lowest BCUT2D eigenvalue weighted by molar-refractivity contribution is -0.142. The lowest BCUT2D eigenvalue weighted by atomic mass is 10.2. The molecule has 19 heavy (non-hydrogen) atoms. The second kappa shape index (κ2) is 7.47. The van der Waals surface area contributed by atoms with Gasteiger partial charge < -0.3 is 20.1 Å². The highest BCUT2D eigenvalue weighted by Crippen LogP contribution is 2.03. The molecular formula is C11H17N3O5. The molecule has 0 spiro atoms. The van der Waals surface area contributed by atoms with Crippen LogP contribution < -0.4 is 5.32 Å². The summed E-state index contributed by atoms with van der Waals surface area (Å²) in [7, 11) is 0. The molecule has 1 heterocycles. The van der Waals surface area contributed by atoms with Crippen molar-refractivity contribution in [3.8, 4) is 0 Å². The minimum absolute atomic E-state index is 0.0253. The van der Waals surface area contributed by atoms with Gasteiger partial charge in [0.2, 0.25) is 11.8 Å². The lowest BCUT2D eigenvalue weighted by Crippen LogP contribution is -2.43. The van der Waals surface area contributed by atoms with Crippen molar-refractivity contribution in [3.63, 3.8) is 0 Å². The van der Waals surface area contributed by atoms with Gasteiger partial charge in [0.1, 0.15) is 6.04 Å². The molecule has 8 heteroatoms. The summed E-state index contributed by atoms with van der Waals surface area (Å²) in [6, 6.07) is -1.29. The van der Waals surface area contributed by atoms with Gasteiger partial charge in [0.05, 0.1) is 6.61 Å². The molecule has 8 nitrogen and oxygen atoms in total. The monoisotopic (exact) mass is 271 g/mol. The van der Waals surface area contributed by atoms with Crippen LogP contribution in [-0.2, 0) is 22.4 Å². The number of rotatable bonds is 8. The van der Waals surface area contributed by atoms with Crippen molar-refractivity contribution < 1.29 is 24.3 Å². The largest absolute Gasteiger partial charge is 0.480 e. The first-order valence-electron chi connectivity index (χ1n) is 6.01. The molecule has 0 saturated carbocycles. The van der Waals surface area contributed by atoms with Gasteiger partial charge >= 0.3 is 5.97 Å². The summed E-state index contributed by atoms with van der Waals surface area (Å²) in [4.78, 5) is 26.1. The zero-order valence-electron chi connectivity index (χ0n) is 10.6. The first-order chi connectivity index (χ1) is 9.06. The Balaban J connectivity index is 2.38. The third-order valence-electron chi connectivity index (χ3n) is 2.37. The number of carboxylic acids is 1. The smallest absolute Gasteiger partial charge is 0.328 e. The second-order valence-corrected chi connectivity index (χ2v) is 4.00. The van der Waals surface area contributed by atoms with Crippen molar-refractivity contribution in [1.82, 2.24) is 15.5 Å².